The lowest BCUT2D eigenvalue weighted by atomic mass is 9.73. The molecule has 5 rings (SSSR count). The molecule has 0 atom stereocenters. The van der Waals surface area contributed by atoms with Gasteiger partial charge in [-0.05, 0) is 31.9 Å². The molecule has 0 N–H and O–H groups in total. The Balaban J connectivity index is 1.30. The van der Waals surface area contributed by atoms with Crippen LogP contribution in [-0.2, 0) is 6.54 Å². The van der Waals surface area contributed by atoms with Gasteiger partial charge in [-0.2, -0.15) is 5.10 Å². The summed E-state index contributed by atoms with van der Waals surface area (Å²) in [6.07, 6.45) is 0.146. The quantitative estimate of drug-likeness (QED) is 0.552. The lowest BCUT2D eigenvalue weighted by Gasteiger charge is -2.55. The first-order chi connectivity index (χ1) is 15.3. The molecular weight excluding hydrogens is 426 g/mol. The molecule has 2 fully saturated rings. The number of anilines is 2. The number of halogens is 4. The van der Waals surface area contributed by atoms with Gasteiger partial charge in [-0.15, -0.1) is 0 Å². The van der Waals surface area contributed by atoms with E-state index in [0.29, 0.717) is 22.7 Å². The first kappa shape index (κ1) is 20.9. The Kier molecular flexibility index (Phi) is 5.13. The van der Waals surface area contributed by atoms with Gasteiger partial charge >= 0.3 is 0 Å². The zero-order valence-corrected chi connectivity index (χ0v) is 17.6. The number of nitrogens with zero attached hydrogens (tertiary/aromatic N) is 7. The maximum Gasteiger partial charge on any atom is 0.280 e. The lowest BCUT2D eigenvalue weighted by Crippen LogP contribution is -2.63. The normalized spacial score (nSPS) is 18.2. The van der Waals surface area contributed by atoms with Crippen molar-refractivity contribution in [2.24, 2.45) is 5.41 Å². The fourth-order valence-corrected chi connectivity index (χ4v) is 4.82. The van der Waals surface area contributed by atoms with Crippen LogP contribution in [0.3, 0.4) is 0 Å². The van der Waals surface area contributed by atoms with E-state index in [-0.39, 0.29) is 11.1 Å². The number of rotatable bonds is 5. The molecule has 0 radical (unpaired) electrons. The van der Waals surface area contributed by atoms with Gasteiger partial charge in [0.1, 0.15) is 23.6 Å². The van der Waals surface area contributed by atoms with E-state index in [0.717, 1.165) is 44.7 Å². The Hall–Kier alpha value is -2.98. The summed E-state index contributed by atoms with van der Waals surface area (Å²) in [5.41, 5.74) is 2.18. The van der Waals surface area contributed by atoms with Crippen LogP contribution in [0.5, 0.6) is 0 Å². The molecule has 0 aliphatic carbocycles. The number of hydrogen-bond donors (Lipinski definition) is 0. The summed E-state index contributed by atoms with van der Waals surface area (Å²) in [5, 5.41) is 4.15. The summed E-state index contributed by atoms with van der Waals surface area (Å²) in [4.78, 5) is 17.2. The second-order valence-electron chi connectivity index (χ2n) is 8.68. The van der Waals surface area contributed by atoms with Crippen molar-refractivity contribution in [2.75, 3.05) is 36.0 Å². The standard InChI is InChI=1S/C21H23F4N7/c1-13-18-20(32(29-13)9-16(22)23)28-17(8-27-18)31-11-21(12-31)5-2-6-30(10-21)14-3-4-15(19(24)25)26-7-14/h3-4,7-8,16,19H,2,5-6,9-12H2,1H3. The monoisotopic (exact) mass is 449 g/mol. The molecule has 0 saturated carbocycles. The number of hydrogen-bond acceptors (Lipinski definition) is 6. The van der Waals surface area contributed by atoms with Crippen molar-refractivity contribution in [3.05, 3.63) is 35.9 Å². The topological polar surface area (TPSA) is 63.0 Å². The minimum Gasteiger partial charge on any atom is -0.370 e. The molecule has 2 saturated heterocycles. The van der Waals surface area contributed by atoms with Crippen LogP contribution >= 0.6 is 0 Å². The number of fused-ring (bicyclic) bond motifs is 1. The molecule has 0 bridgehead atoms. The number of aromatic nitrogens is 5. The highest BCUT2D eigenvalue weighted by Gasteiger charge is 2.46. The van der Waals surface area contributed by atoms with Gasteiger partial charge in [0.05, 0.1) is 23.8 Å². The first-order valence-corrected chi connectivity index (χ1v) is 10.6. The third-order valence-corrected chi connectivity index (χ3v) is 6.31. The predicted octanol–water partition coefficient (Wildman–Crippen LogP) is 3.84. The summed E-state index contributed by atoms with van der Waals surface area (Å²) in [7, 11) is 0. The van der Waals surface area contributed by atoms with Gasteiger partial charge in [0.15, 0.2) is 5.65 Å². The van der Waals surface area contributed by atoms with E-state index in [9.17, 15) is 17.6 Å². The Labute approximate surface area is 182 Å². The van der Waals surface area contributed by atoms with Crippen LogP contribution in [0.15, 0.2) is 24.5 Å². The zero-order valence-electron chi connectivity index (χ0n) is 17.6. The summed E-state index contributed by atoms with van der Waals surface area (Å²) >= 11 is 0. The average molecular weight is 449 g/mol. The molecule has 11 heteroatoms. The van der Waals surface area contributed by atoms with E-state index in [1.54, 1.807) is 19.2 Å². The van der Waals surface area contributed by atoms with Crippen molar-refractivity contribution in [3.8, 4) is 0 Å². The number of aryl methyl sites for hydroxylation is 1. The minimum atomic E-state index is -2.57. The van der Waals surface area contributed by atoms with Crippen molar-refractivity contribution in [2.45, 2.75) is 39.2 Å². The summed E-state index contributed by atoms with van der Waals surface area (Å²) in [6, 6.07) is 3.08. The second-order valence-corrected chi connectivity index (χ2v) is 8.68. The number of alkyl halides is 4. The van der Waals surface area contributed by atoms with Gasteiger partial charge in [0.2, 0.25) is 0 Å². The Bertz CT molecular complexity index is 1110. The predicted molar refractivity (Wildman–Crippen MR) is 111 cm³/mol. The average Bonchev–Trinajstić information content (AvgIpc) is 3.06. The molecular formula is C21H23F4N7. The van der Waals surface area contributed by atoms with Crippen molar-refractivity contribution in [1.29, 1.82) is 0 Å². The molecule has 3 aromatic rings. The molecule has 2 aliphatic rings. The maximum absolute atomic E-state index is 12.9. The highest BCUT2D eigenvalue weighted by molar-refractivity contribution is 5.75. The molecule has 170 valence electrons. The van der Waals surface area contributed by atoms with Crippen LogP contribution in [0.2, 0.25) is 0 Å². The molecule has 2 aliphatic heterocycles. The van der Waals surface area contributed by atoms with Gasteiger partial charge in [-0.25, -0.2) is 32.2 Å². The van der Waals surface area contributed by atoms with E-state index < -0.39 is 19.4 Å². The maximum atomic E-state index is 12.9. The highest BCUT2D eigenvalue weighted by Crippen LogP contribution is 2.42. The van der Waals surface area contributed by atoms with Crippen LogP contribution in [0.1, 0.15) is 30.7 Å². The minimum absolute atomic E-state index is 0.0649. The molecule has 0 unspecified atom stereocenters. The van der Waals surface area contributed by atoms with Crippen molar-refractivity contribution in [1.82, 2.24) is 24.7 Å². The molecule has 1 spiro atoms. The highest BCUT2D eigenvalue weighted by atomic mass is 19.3. The molecule has 5 heterocycles. The van der Waals surface area contributed by atoms with Gasteiger partial charge in [0, 0.05) is 31.6 Å². The van der Waals surface area contributed by atoms with Gasteiger partial charge in [-0.1, -0.05) is 0 Å². The van der Waals surface area contributed by atoms with Crippen LogP contribution in [0.4, 0.5) is 29.1 Å². The Morgan fingerprint density at radius 3 is 2.50 bits per heavy atom. The van der Waals surface area contributed by atoms with Crippen molar-refractivity contribution >= 4 is 22.7 Å². The van der Waals surface area contributed by atoms with E-state index in [4.69, 9.17) is 0 Å². The molecule has 7 nitrogen and oxygen atoms in total. The lowest BCUT2D eigenvalue weighted by molar-refractivity contribution is 0.123. The van der Waals surface area contributed by atoms with Crippen LogP contribution in [0.25, 0.3) is 11.2 Å². The van der Waals surface area contributed by atoms with Gasteiger partial charge in [-0.3, -0.25) is 4.98 Å². The van der Waals surface area contributed by atoms with Crippen LogP contribution < -0.4 is 9.80 Å². The van der Waals surface area contributed by atoms with E-state index >= 15 is 0 Å². The summed E-state index contributed by atoms with van der Waals surface area (Å²) < 4.78 is 52.6. The molecule has 0 amide bonds. The molecule has 3 aromatic heterocycles. The fraction of sp³-hybridized carbons (Fsp3) is 0.524. The van der Waals surface area contributed by atoms with Crippen molar-refractivity contribution < 1.29 is 17.6 Å². The Morgan fingerprint density at radius 1 is 1.03 bits per heavy atom. The first-order valence-electron chi connectivity index (χ1n) is 10.6. The molecule has 0 aromatic carbocycles. The van der Waals surface area contributed by atoms with E-state index in [1.807, 2.05) is 0 Å². The van der Waals surface area contributed by atoms with Crippen molar-refractivity contribution in [3.63, 3.8) is 0 Å². The second kappa shape index (κ2) is 7.86. The molecule has 32 heavy (non-hydrogen) atoms. The fourth-order valence-electron chi connectivity index (χ4n) is 4.82. The third-order valence-electron chi connectivity index (χ3n) is 6.31. The zero-order chi connectivity index (χ0) is 22.5. The third kappa shape index (κ3) is 3.73. The van der Waals surface area contributed by atoms with Gasteiger partial charge < -0.3 is 9.80 Å². The summed E-state index contributed by atoms with van der Waals surface area (Å²) in [5.74, 6) is 0.651. The van der Waals surface area contributed by atoms with Crippen LogP contribution in [-0.4, -0.2) is 57.3 Å². The summed E-state index contributed by atoms with van der Waals surface area (Å²) in [6.45, 7) is 4.42. The van der Waals surface area contributed by atoms with Gasteiger partial charge in [0.25, 0.3) is 12.9 Å². The smallest absolute Gasteiger partial charge is 0.280 e. The SMILES string of the molecule is Cc1nn(CC(F)F)c2nc(N3CC4(CCCN(c5ccc(C(F)F)nc5)C4)C3)cnc12. The van der Waals surface area contributed by atoms with E-state index in [1.165, 1.54) is 16.9 Å². The van der Waals surface area contributed by atoms with E-state index in [2.05, 4.69) is 29.9 Å². The van der Waals surface area contributed by atoms with Crippen LogP contribution in [0, 0.1) is 12.3 Å². The largest absolute Gasteiger partial charge is 0.370 e. The number of piperidine rings is 1. The Morgan fingerprint density at radius 2 is 1.81 bits per heavy atom. The number of pyridine rings is 1.